The van der Waals surface area contributed by atoms with Crippen LogP contribution in [-0.2, 0) is 29.2 Å². The van der Waals surface area contributed by atoms with Gasteiger partial charge in [-0.1, -0.05) is 44.2 Å². The van der Waals surface area contributed by atoms with Crippen molar-refractivity contribution in [2.75, 3.05) is 6.54 Å². The molecule has 0 spiro atoms. The number of rotatable bonds is 5. The molecule has 0 atom stereocenters. The summed E-state index contributed by atoms with van der Waals surface area (Å²) < 4.78 is 1.92. The van der Waals surface area contributed by atoms with Crippen LogP contribution in [0.5, 0.6) is 0 Å². The topological polar surface area (TPSA) is 67.2 Å². The summed E-state index contributed by atoms with van der Waals surface area (Å²) in [6.07, 6.45) is 3.30. The van der Waals surface area contributed by atoms with Crippen molar-refractivity contribution in [2.45, 2.75) is 33.5 Å². The molecule has 0 unspecified atom stereocenters. The third-order valence-corrected chi connectivity index (χ3v) is 4.32. The van der Waals surface area contributed by atoms with Crippen LogP contribution in [0.25, 0.3) is 6.08 Å². The first-order valence-electron chi connectivity index (χ1n) is 8.88. The minimum atomic E-state index is -0.156. The molecule has 2 heterocycles. The summed E-state index contributed by atoms with van der Waals surface area (Å²) in [5.41, 5.74) is 2.80. The molecule has 0 aliphatic carbocycles. The van der Waals surface area contributed by atoms with Crippen molar-refractivity contribution in [3.8, 4) is 0 Å². The van der Waals surface area contributed by atoms with E-state index in [1.807, 2.05) is 59.8 Å². The predicted molar refractivity (Wildman–Crippen MR) is 99.8 cm³/mol. The summed E-state index contributed by atoms with van der Waals surface area (Å²) in [4.78, 5) is 26.0. The molecule has 6 heteroatoms. The summed E-state index contributed by atoms with van der Waals surface area (Å²) in [6.45, 7) is 6.14. The lowest BCUT2D eigenvalue weighted by atomic mass is 10.1. The number of benzene rings is 1. The Labute approximate surface area is 153 Å². The van der Waals surface area contributed by atoms with E-state index in [9.17, 15) is 9.59 Å². The number of aromatic nitrogens is 2. The quantitative estimate of drug-likeness (QED) is 0.839. The summed E-state index contributed by atoms with van der Waals surface area (Å²) in [7, 11) is 0. The molecule has 26 heavy (non-hydrogen) atoms. The van der Waals surface area contributed by atoms with E-state index in [-0.39, 0.29) is 17.7 Å². The lowest BCUT2D eigenvalue weighted by Crippen LogP contribution is -2.40. The maximum absolute atomic E-state index is 12.2. The molecule has 2 amide bonds. The van der Waals surface area contributed by atoms with Gasteiger partial charge in [-0.2, -0.15) is 5.10 Å². The summed E-state index contributed by atoms with van der Waals surface area (Å²) in [6, 6.07) is 11.6. The number of nitrogens with zero attached hydrogens (tertiary/aromatic N) is 3. The molecule has 136 valence electrons. The normalized spacial score (nSPS) is 13.9. The third-order valence-electron chi connectivity index (χ3n) is 4.32. The molecule has 0 saturated heterocycles. The summed E-state index contributed by atoms with van der Waals surface area (Å²) >= 11 is 0. The second-order valence-corrected chi connectivity index (χ2v) is 6.73. The molecule has 6 nitrogen and oxygen atoms in total. The predicted octanol–water partition coefficient (Wildman–Crippen LogP) is 2.21. The van der Waals surface area contributed by atoms with Gasteiger partial charge in [-0.25, -0.2) is 0 Å². The minimum Gasteiger partial charge on any atom is -0.347 e. The highest BCUT2D eigenvalue weighted by atomic mass is 16.2. The number of nitrogens with one attached hydrogen (secondary N) is 1. The number of hydrogen-bond donors (Lipinski definition) is 1. The number of carbonyl (C=O) groups excluding carboxylic acids is 2. The zero-order chi connectivity index (χ0) is 18.5. The van der Waals surface area contributed by atoms with Crippen molar-refractivity contribution in [3.05, 3.63) is 59.4 Å². The Balaban J connectivity index is 1.55. The second kappa shape index (κ2) is 7.99. The maximum Gasteiger partial charge on any atom is 0.244 e. The van der Waals surface area contributed by atoms with E-state index < -0.39 is 0 Å². The van der Waals surface area contributed by atoms with Crippen LogP contribution < -0.4 is 5.32 Å². The average molecular weight is 352 g/mol. The van der Waals surface area contributed by atoms with Crippen LogP contribution in [-0.4, -0.2) is 33.0 Å². The molecule has 1 aromatic carbocycles. The molecule has 1 N–H and O–H groups in total. The van der Waals surface area contributed by atoms with Gasteiger partial charge < -0.3 is 10.2 Å². The van der Waals surface area contributed by atoms with Gasteiger partial charge in [0.15, 0.2) is 0 Å². The zero-order valence-corrected chi connectivity index (χ0v) is 15.2. The van der Waals surface area contributed by atoms with Gasteiger partial charge in [-0.15, -0.1) is 0 Å². The molecule has 1 aliphatic rings. The molecule has 3 rings (SSSR count). The van der Waals surface area contributed by atoms with Gasteiger partial charge in [-0.05, 0) is 17.7 Å². The van der Waals surface area contributed by atoms with E-state index in [1.165, 1.54) is 6.08 Å². The number of fused-ring (bicyclic) bond motifs is 1. The molecule has 0 fully saturated rings. The van der Waals surface area contributed by atoms with Crippen molar-refractivity contribution in [3.63, 3.8) is 0 Å². The largest absolute Gasteiger partial charge is 0.347 e. The molecule has 0 saturated carbocycles. The fourth-order valence-corrected chi connectivity index (χ4v) is 2.94. The van der Waals surface area contributed by atoms with Gasteiger partial charge in [0.25, 0.3) is 0 Å². The molecular weight excluding hydrogens is 328 g/mol. The van der Waals surface area contributed by atoms with E-state index in [1.54, 1.807) is 6.08 Å². The minimum absolute atomic E-state index is 0.000341. The Morgan fingerprint density at radius 3 is 2.73 bits per heavy atom. The van der Waals surface area contributed by atoms with Crippen molar-refractivity contribution in [1.82, 2.24) is 20.0 Å². The van der Waals surface area contributed by atoms with Gasteiger partial charge in [-0.3, -0.25) is 14.3 Å². The Bertz CT molecular complexity index is 808. The summed E-state index contributed by atoms with van der Waals surface area (Å²) in [5.74, 6) is 0.00872. The van der Waals surface area contributed by atoms with E-state index >= 15 is 0 Å². The highest BCUT2D eigenvalue weighted by Crippen LogP contribution is 2.16. The first-order chi connectivity index (χ1) is 12.5. The highest BCUT2D eigenvalue weighted by molar-refractivity contribution is 5.91. The number of amides is 2. The lowest BCUT2D eigenvalue weighted by Gasteiger charge is -2.29. The standard InChI is InChI=1S/C20H24N4O2/c1-15(2)20(26)23-10-11-24-18(14-23)12-17(22-24)13-21-19(25)9-8-16-6-4-3-5-7-16/h3-9,12,15H,10-11,13-14H2,1-2H3,(H,21,25)/b9-8+. The first-order valence-corrected chi connectivity index (χ1v) is 8.88. The smallest absolute Gasteiger partial charge is 0.244 e. The first kappa shape index (κ1) is 17.9. The molecule has 2 aromatic rings. The fraction of sp³-hybridized carbons (Fsp3) is 0.350. The van der Waals surface area contributed by atoms with Crippen LogP contribution in [0.15, 0.2) is 42.5 Å². The highest BCUT2D eigenvalue weighted by Gasteiger charge is 2.23. The van der Waals surface area contributed by atoms with Gasteiger partial charge >= 0.3 is 0 Å². The maximum atomic E-state index is 12.2. The van der Waals surface area contributed by atoms with Crippen LogP contribution in [0, 0.1) is 5.92 Å². The van der Waals surface area contributed by atoms with Crippen LogP contribution in [0.2, 0.25) is 0 Å². The zero-order valence-electron chi connectivity index (χ0n) is 15.2. The lowest BCUT2D eigenvalue weighted by molar-refractivity contribution is -0.136. The van der Waals surface area contributed by atoms with Crippen LogP contribution in [0.3, 0.4) is 0 Å². The molecule has 1 aromatic heterocycles. The van der Waals surface area contributed by atoms with Gasteiger partial charge in [0.1, 0.15) is 0 Å². The summed E-state index contributed by atoms with van der Waals surface area (Å²) in [5, 5.41) is 7.37. The van der Waals surface area contributed by atoms with Gasteiger partial charge in [0.2, 0.25) is 11.8 Å². The van der Waals surface area contributed by atoms with Crippen LogP contribution in [0.4, 0.5) is 0 Å². The van der Waals surface area contributed by atoms with E-state index in [4.69, 9.17) is 0 Å². The Kier molecular flexibility index (Phi) is 5.51. The third kappa shape index (κ3) is 4.39. The molecule has 0 radical (unpaired) electrons. The van der Waals surface area contributed by atoms with Crippen molar-refractivity contribution < 1.29 is 9.59 Å². The Hall–Kier alpha value is -2.89. The van der Waals surface area contributed by atoms with Crippen LogP contribution >= 0.6 is 0 Å². The van der Waals surface area contributed by atoms with E-state index in [2.05, 4.69) is 10.4 Å². The molecule has 1 aliphatic heterocycles. The number of hydrogen-bond acceptors (Lipinski definition) is 3. The molecular formula is C20H24N4O2. The average Bonchev–Trinajstić information content (AvgIpc) is 3.07. The van der Waals surface area contributed by atoms with Gasteiger partial charge in [0.05, 0.1) is 31.0 Å². The number of carbonyl (C=O) groups is 2. The molecule has 0 bridgehead atoms. The fourth-order valence-electron chi connectivity index (χ4n) is 2.94. The van der Waals surface area contributed by atoms with E-state index in [0.717, 1.165) is 17.0 Å². The van der Waals surface area contributed by atoms with Crippen molar-refractivity contribution in [2.24, 2.45) is 5.92 Å². The Morgan fingerprint density at radius 1 is 1.23 bits per heavy atom. The SMILES string of the molecule is CC(C)C(=O)N1CCn2nc(CNC(=O)/C=C/c3ccccc3)cc2C1. The van der Waals surface area contributed by atoms with Crippen molar-refractivity contribution in [1.29, 1.82) is 0 Å². The van der Waals surface area contributed by atoms with Crippen molar-refractivity contribution >= 4 is 17.9 Å². The second-order valence-electron chi connectivity index (χ2n) is 6.73. The monoisotopic (exact) mass is 352 g/mol. The van der Waals surface area contributed by atoms with Crippen LogP contribution in [0.1, 0.15) is 30.8 Å². The van der Waals surface area contributed by atoms with E-state index in [0.29, 0.717) is 26.2 Å². The van der Waals surface area contributed by atoms with Gasteiger partial charge in [0, 0.05) is 18.5 Å². The Morgan fingerprint density at radius 2 is 2.00 bits per heavy atom.